The molecule has 0 aliphatic carbocycles. The number of para-hydroxylation sites is 1. The van der Waals surface area contributed by atoms with E-state index in [0.717, 1.165) is 43.7 Å². The Labute approximate surface area is 178 Å². The summed E-state index contributed by atoms with van der Waals surface area (Å²) in [6.45, 7) is 6.00. The molecule has 1 aliphatic rings. The maximum absolute atomic E-state index is 12.6. The summed E-state index contributed by atoms with van der Waals surface area (Å²) in [7, 11) is 0. The number of amides is 1. The van der Waals surface area contributed by atoms with Crippen molar-refractivity contribution in [3.8, 4) is 10.9 Å². The summed E-state index contributed by atoms with van der Waals surface area (Å²) in [5.74, 6) is 1.48. The molecule has 0 saturated carbocycles. The molecule has 1 atom stereocenters. The zero-order chi connectivity index (χ0) is 20.8. The second kappa shape index (κ2) is 7.25. The van der Waals surface area contributed by atoms with Gasteiger partial charge in [-0.3, -0.25) is 4.79 Å². The summed E-state index contributed by atoms with van der Waals surface area (Å²) in [5, 5.41) is 8.53. The lowest BCUT2D eigenvalue weighted by Crippen LogP contribution is -2.24. The van der Waals surface area contributed by atoms with Crippen LogP contribution in [0.5, 0.6) is 5.75 Å². The van der Waals surface area contributed by atoms with E-state index < -0.39 is 0 Å². The van der Waals surface area contributed by atoms with E-state index in [1.807, 2.05) is 69.3 Å². The minimum Gasteiger partial charge on any atom is -0.491 e. The molecule has 1 aliphatic heterocycles. The molecule has 4 aromatic rings. The van der Waals surface area contributed by atoms with E-state index in [0.29, 0.717) is 6.42 Å². The largest absolute Gasteiger partial charge is 0.491 e. The maximum Gasteiger partial charge on any atom is 0.226 e. The molecule has 30 heavy (non-hydrogen) atoms. The number of anilines is 1. The van der Waals surface area contributed by atoms with Crippen LogP contribution in [0, 0.1) is 6.92 Å². The van der Waals surface area contributed by atoms with Gasteiger partial charge in [0.15, 0.2) is 0 Å². The van der Waals surface area contributed by atoms with Crippen LogP contribution >= 0.6 is 11.3 Å². The first-order valence-corrected chi connectivity index (χ1v) is 10.8. The summed E-state index contributed by atoms with van der Waals surface area (Å²) >= 11 is 1.56. The zero-order valence-corrected chi connectivity index (χ0v) is 17.9. The van der Waals surface area contributed by atoms with Gasteiger partial charge < -0.3 is 10.1 Å². The molecule has 0 spiro atoms. The SMILES string of the molecule is Cc1nn(-c2nc3ccccc3s2)c2c1[C@H](c1ccc(OC(C)C)cc1)CC(=O)N2. The van der Waals surface area contributed by atoms with Crippen LogP contribution in [0.15, 0.2) is 48.5 Å². The van der Waals surface area contributed by atoms with Crippen molar-refractivity contribution in [3.05, 3.63) is 65.4 Å². The third-order valence-corrected chi connectivity index (χ3v) is 6.23. The van der Waals surface area contributed by atoms with Gasteiger partial charge >= 0.3 is 0 Å². The Bertz CT molecular complexity index is 1210. The Morgan fingerprint density at radius 3 is 2.67 bits per heavy atom. The van der Waals surface area contributed by atoms with Crippen LogP contribution in [0.25, 0.3) is 15.3 Å². The molecule has 5 rings (SSSR count). The van der Waals surface area contributed by atoms with Gasteiger partial charge in [0.05, 0.1) is 22.0 Å². The van der Waals surface area contributed by atoms with Crippen molar-refractivity contribution in [3.63, 3.8) is 0 Å². The van der Waals surface area contributed by atoms with Crippen molar-refractivity contribution >= 4 is 33.3 Å². The Morgan fingerprint density at radius 1 is 1.17 bits per heavy atom. The van der Waals surface area contributed by atoms with Crippen LogP contribution < -0.4 is 10.1 Å². The van der Waals surface area contributed by atoms with Gasteiger partial charge in [0, 0.05) is 17.9 Å². The molecule has 0 unspecified atom stereocenters. The number of aryl methyl sites for hydroxylation is 1. The number of carbonyl (C=O) groups excluding carboxylic acids is 1. The predicted molar refractivity (Wildman–Crippen MR) is 119 cm³/mol. The molecule has 152 valence electrons. The van der Waals surface area contributed by atoms with Crippen molar-refractivity contribution in [2.45, 2.75) is 39.2 Å². The number of benzene rings is 2. The number of carbonyl (C=O) groups is 1. The highest BCUT2D eigenvalue weighted by Crippen LogP contribution is 2.41. The molecular weight excluding hydrogens is 396 g/mol. The predicted octanol–water partition coefficient (Wildman–Crippen LogP) is 5.05. The first kappa shape index (κ1) is 18.8. The Hall–Kier alpha value is -3.19. The molecule has 1 N–H and O–H groups in total. The monoisotopic (exact) mass is 418 g/mol. The van der Waals surface area contributed by atoms with Crippen molar-refractivity contribution in [1.82, 2.24) is 14.8 Å². The zero-order valence-electron chi connectivity index (χ0n) is 17.0. The van der Waals surface area contributed by atoms with Gasteiger partial charge in [0.1, 0.15) is 11.6 Å². The van der Waals surface area contributed by atoms with Gasteiger partial charge in [0.2, 0.25) is 11.0 Å². The summed E-state index contributed by atoms with van der Waals surface area (Å²) in [6.07, 6.45) is 0.515. The van der Waals surface area contributed by atoms with Crippen LogP contribution in [0.2, 0.25) is 0 Å². The molecule has 3 heterocycles. The second-order valence-corrected chi connectivity index (χ2v) is 8.77. The molecule has 7 heteroatoms. The van der Waals surface area contributed by atoms with Crippen molar-refractivity contribution < 1.29 is 9.53 Å². The number of hydrogen-bond donors (Lipinski definition) is 1. The molecule has 0 fully saturated rings. The van der Waals surface area contributed by atoms with Crippen molar-refractivity contribution in [1.29, 1.82) is 0 Å². The van der Waals surface area contributed by atoms with E-state index in [9.17, 15) is 4.79 Å². The highest BCUT2D eigenvalue weighted by Gasteiger charge is 2.33. The van der Waals surface area contributed by atoms with E-state index in [1.54, 1.807) is 16.0 Å². The normalized spacial score (nSPS) is 16.0. The van der Waals surface area contributed by atoms with Crippen LogP contribution in [-0.4, -0.2) is 26.8 Å². The van der Waals surface area contributed by atoms with Gasteiger partial charge in [-0.05, 0) is 50.6 Å². The molecule has 2 aromatic heterocycles. The van der Waals surface area contributed by atoms with E-state index in [-0.39, 0.29) is 17.9 Å². The van der Waals surface area contributed by atoms with Crippen molar-refractivity contribution in [2.75, 3.05) is 5.32 Å². The fourth-order valence-corrected chi connectivity index (χ4v) is 4.90. The van der Waals surface area contributed by atoms with E-state index in [1.165, 1.54) is 0 Å². The quantitative estimate of drug-likeness (QED) is 0.503. The lowest BCUT2D eigenvalue weighted by Gasteiger charge is -2.24. The number of ether oxygens (including phenoxy) is 1. The first-order chi connectivity index (χ1) is 14.5. The highest BCUT2D eigenvalue weighted by atomic mass is 32.1. The van der Waals surface area contributed by atoms with Crippen LogP contribution in [0.1, 0.15) is 43.0 Å². The molecule has 0 bridgehead atoms. The lowest BCUT2D eigenvalue weighted by atomic mass is 9.86. The minimum atomic E-state index is -0.0509. The third-order valence-electron chi connectivity index (χ3n) is 5.22. The van der Waals surface area contributed by atoms with Crippen LogP contribution in [0.3, 0.4) is 0 Å². The molecule has 6 nitrogen and oxygen atoms in total. The second-order valence-electron chi connectivity index (χ2n) is 7.76. The van der Waals surface area contributed by atoms with Gasteiger partial charge in [-0.25, -0.2) is 4.98 Å². The molecular formula is C23H22N4O2S. The molecule has 0 saturated heterocycles. The maximum atomic E-state index is 12.6. The number of aromatic nitrogens is 3. The molecule has 0 radical (unpaired) electrons. The Kier molecular flexibility index (Phi) is 4.55. The summed E-state index contributed by atoms with van der Waals surface area (Å²) < 4.78 is 8.62. The number of nitrogens with one attached hydrogen (secondary N) is 1. The highest BCUT2D eigenvalue weighted by molar-refractivity contribution is 7.20. The van der Waals surface area contributed by atoms with E-state index >= 15 is 0 Å². The standard InChI is InChI=1S/C23H22N4O2S/c1-13(2)29-16-10-8-15(9-11-16)17-12-20(28)25-22-21(17)14(3)26-27(22)23-24-18-6-4-5-7-19(18)30-23/h4-11,13,17H,12H2,1-3H3,(H,25,28)/t17-/m0/s1. The van der Waals surface area contributed by atoms with Crippen LogP contribution in [-0.2, 0) is 4.79 Å². The van der Waals surface area contributed by atoms with Crippen LogP contribution in [0.4, 0.5) is 5.82 Å². The number of rotatable bonds is 4. The molecule has 2 aromatic carbocycles. The fraction of sp³-hybridized carbons (Fsp3) is 0.261. The minimum absolute atomic E-state index is 0.0164. The van der Waals surface area contributed by atoms with E-state index in [4.69, 9.17) is 14.8 Å². The number of nitrogens with zero attached hydrogens (tertiary/aromatic N) is 3. The number of thiazole rings is 1. The Balaban J connectivity index is 1.57. The van der Waals surface area contributed by atoms with Gasteiger partial charge in [-0.1, -0.05) is 35.6 Å². The lowest BCUT2D eigenvalue weighted by molar-refractivity contribution is -0.116. The summed E-state index contributed by atoms with van der Waals surface area (Å²) in [5.41, 5.74) is 3.95. The van der Waals surface area contributed by atoms with Gasteiger partial charge in [-0.15, -0.1) is 0 Å². The molecule has 1 amide bonds. The van der Waals surface area contributed by atoms with Crippen molar-refractivity contribution in [2.24, 2.45) is 0 Å². The number of hydrogen-bond acceptors (Lipinski definition) is 5. The third kappa shape index (κ3) is 3.25. The summed E-state index contributed by atoms with van der Waals surface area (Å²) in [6, 6.07) is 16.0. The average molecular weight is 419 g/mol. The number of fused-ring (bicyclic) bond motifs is 2. The van der Waals surface area contributed by atoms with Gasteiger partial charge in [0.25, 0.3) is 0 Å². The van der Waals surface area contributed by atoms with Gasteiger partial charge in [-0.2, -0.15) is 9.78 Å². The topological polar surface area (TPSA) is 69.0 Å². The Morgan fingerprint density at radius 2 is 1.93 bits per heavy atom. The first-order valence-electron chi connectivity index (χ1n) is 10.0. The fourth-order valence-electron chi connectivity index (χ4n) is 3.97. The summed E-state index contributed by atoms with van der Waals surface area (Å²) in [4.78, 5) is 17.3. The average Bonchev–Trinajstić information content (AvgIpc) is 3.28. The van der Waals surface area contributed by atoms with E-state index in [2.05, 4.69) is 5.32 Å². The smallest absolute Gasteiger partial charge is 0.226 e.